The Morgan fingerprint density at radius 3 is 2.61 bits per heavy atom. The van der Waals surface area contributed by atoms with Gasteiger partial charge in [-0.05, 0) is 12.5 Å². The molecule has 0 N–H and O–H groups in total. The number of methoxy groups -OCH3 is 1. The Labute approximate surface area is 138 Å². The minimum absolute atomic E-state index is 0.0440. The van der Waals surface area contributed by atoms with Crippen LogP contribution in [0.5, 0.6) is 5.75 Å². The highest BCUT2D eigenvalue weighted by atomic mass is 32.2. The van der Waals surface area contributed by atoms with E-state index in [4.69, 9.17) is 4.74 Å². The van der Waals surface area contributed by atoms with Crippen LogP contribution in [0.3, 0.4) is 0 Å². The van der Waals surface area contributed by atoms with Crippen molar-refractivity contribution in [2.75, 3.05) is 32.5 Å². The highest BCUT2D eigenvalue weighted by Crippen LogP contribution is 2.34. The Bertz CT molecular complexity index is 660. The minimum atomic E-state index is -3.37. The largest absolute Gasteiger partial charge is 0.496 e. The number of hydrogen-bond acceptors (Lipinski definition) is 4. The molecule has 6 nitrogen and oxygen atoms in total. The van der Waals surface area contributed by atoms with Gasteiger partial charge in [-0.25, -0.2) is 8.42 Å². The highest BCUT2D eigenvalue weighted by molar-refractivity contribution is 7.89. The average Bonchev–Trinajstić information content (AvgIpc) is 2.54. The molecule has 1 amide bonds. The normalized spacial score (nSPS) is 19.6. The third kappa shape index (κ3) is 3.84. The van der Waals surface area contributed by atoms with Gasteiger partial charge < -0.3 is 9.64 Å². The Kier molecular flexibility index (Phi) is 5.64. The SMILES string of the molecule is CCCS(=O)(=O)N1CCN(C(C)=O)CC1c1ccccc1OC. The van der Waals surface area contributed by atoms with Gasteiger partial charge in [0.05, 0.1) is 18.9 Å². The summed E-state index contributed by atoms with van der Waals surface area (Å²) in [6.07, 6.45) is 0.563. The van der Waals surface area contributed by atoms with Crippen LogP contribution in [0.2, 0.25) is 0 Å². The summed E-state index contributed by atoms with van der Waals surface area (Å²) in [4.78, 5) is 13.4. The van der Waals surface area contributed by atoms with Crippen molar-refractivity contribution >= 4 is 15.9 Å². The smallest absolute Gasteiger partial charge is 0.219 e. The lowest BCUT2D eigenvalue weighted by atomic mass is 10.0. The Balaban J connectivity index is 2.43. The molecule has 1 aliphatic heterocycles. The number of ether oxygens (including phenoxy) is 1. The van der Waals surface area contributed by atoms with Gasteiger partial charge in [-0.3, -0.25) is 4.79 Å². The molecule has 23 heavy (non-hydrogen) atoms. The molecule has 1 aromatic rings. The number of rotatable bonds is 5. The van der Waals surface area contributed by atoms with Crippen LogP contribution in [0.15, 0.2) is 24.3 Å². The molecule has 1 fully saturated rings. The van der Waals surface area contributed by atoms with Gasteiger partial charge in [0.1, 0.15) is 5.75 Å². The first-order valence-corrected chi connectivity index (χ1v) is 9.39. The minimum Gasteiger partial charge on any atom is -0.496 e. The second-order valence-electron chi connectivity index (χ2n) is 5.65. The van der Waals surface area contributed by atoms with Gasteiger partial charge in [-0.2, -0.15) is 4.31 Å². The molecule has 0 aliphatic carbocycles. The fraction of sp³-hybridized carbons (Fsp3) is 0.562. The van der Waals surface area contributed by atoms with Crippen LogP contribution >= 0.6 is 0 Å². The summed E-state index contributed by atoms with van der Waals surface area (Å²) in [6, 6.07) is 6.96. The molecule has 1 saturated heterocycles. The van der Waals surface area contributed by atoms with Gasteiger partial charge in [-0.15, -0.1) is 0 Å². The lowest BCUT2D eigenvalue weighted by Gasteiger charge is -2.40. The van der Waals surface area contributed by atoms with E-state index in [1.165, 1.54) is 11.2 Å². The predicted molar refractivity (Wildman–Crippen MR) is 88.8 cm³/mol. The molecule has 128 valence electrons. The summed E-state index contributed by atoms with van der Waals surface area (Å²) < 4.78 is 32.2. The summed E-state index contributed by atoms with van der Waals surface area (Å²) in [5.74, 6) is 0.704. The number of hydrogen-bond donors (Lipinski definition) is 0. The summed E-state index contributed by atoms with van der Waals surface area (Å²) in [5.41, 5.74) is 0.792. The van der Waals surface area contributed by atoms with Crippen molar-refractivity contribution in [3.63, 3.8) is 0 Å². The molecule has 7 heteroatoms. The van der Waals surface area contributed by atoms with Crippen molar-refractivity contribution < 1.29 is 17.9 Å². The molecule has 0 radical (unpaired) electrons. The van der Waals surface area contributed by atoms with E-state index >= 15 is 0 Å². The Morgan fingerprint density at radius 2 is 2.00 bits per heavy atom. The number of carbonyl (C=O) groups excluding carboxylic acids is 1. The summed E-state index contributed by atoms with van der Waals surface area (Å²) >= 11 is 0. The monoisotopic (exact) mass is 340 g/mol. The van der Waals surface area contributed by atoms with Gasteiger partial charge in [0.2, 0.25) is 15.9 Å². The summed E-state index contributed by atoms with van der Waals surface area (Å²) in [6.45, 7) is 4.43. The van der Waals surface area contributed by atoms with Gasteiger partial charge in [0.25, 0.3) is 0 Å². The fourth-order valence-corrected chi connectivity index (χ4v) is 4.63. The van der Waals surface area contributed by atoms with E-state index in [9.17, 15) is 13.2 Å². The third-order valence-electron chi connectivity index (χ3n) is 4.09. The number of sulfonamides is 1. The zero-order valence-electron chi connectivity index (χ0n) is 13.9. The van der Waals surface area contributed by atoms with Crippen molar-refractivity contribution in [2.45, 2.75) is 26.3 Å². The number of para-hydroxylation sites is 1. The second-order valence-corrected chi connectivity index (χ2v) is 7.69. The van der Waals surface area contributed by atoms with E-state index < -0.39 is 16.1 Å². The van der Waals surface area contributed by atoms with Crippen molar-refractivity contribution in [1.29, 1.82) is 0 Å². The Morgan fingerprint density at radius 1 is 1.30 bits per heavy atom. The predicted octanol–water partition coefficient (Wildman–Crippen LogP) is 1.64. The summed E-state index contributed by atoms with van der Waals surface area (Å²) in [7, 11) is -1.80. The quantitative estimate of drug-likeness (QED) is 0.817. The maximum atomic E-state index is 12.6. The summed E-state index contributed by atoms with van der Waals surface area (Å²) in [5, 5.41) is 0. The molecule has 1 aliphatic rings. The third-order valence-corrected chi connectivity index (χ3v) is 6.17. The lowest BCUT2D eigenvalue weighted by molar-refractivity contribution is -0.131. The molecule has 1 aromatic carbocycles. The van der Waals surface area contributed by atoms with E-state index in [-0.39, 0.29) is 11.7 Å². The highest BCUT2D eigenvalue weighted by Gasteiger charge is 2.37. The number of carbonyl (C=O) groups is 1. The van der Waals surface area contributed by atoms with E-state index in [2.05, 4.69) is 0 Å². The van der Waals surface area contributed by atoms with Crippen molar-refractivity contribution in [2.24, 2.45) is 0 Å². The first kappa shape index (κ1) is 17.7. The van der Waals surface area contributed by atoms with Gasteiger partial charge in [0.15, 0.2) is 0 Å². The zero-order chi connectivity index (χ0) is 17.0. The van der Waals surface area contributed by atoms with Crippen LogP contribution in [-0.2, 0) is 14.8 Å². The number of benzene rings is 1. The number of amides is 1. The molecular weight excluding hydrogens is 316 g/mol. The molecule has 0 bridgehead atoms. The maximum absolute atomic E-state index is 12.6. The molecular formula is C16H24N2O4S. The first-order valence-electron chi connectivity index (χ1n) is 7.78. The van der Waals surface area contributed by atoms with E-state index in [0.29, 0.717) is 31.8 Å². The van der Waals surface area contributed by atoms with Gasteiger partial charge in [-0.1, -0.05) is 25.1 Å². The molecule has 0 spiro atoms. The molecule has 1 atom stereocenters. The lowest BCUT2D eigenvalue weighted by Crippen LogP contribution is -2.52. The number of nitrogens with zero attached hydrogens (tertiary/aromatic N) is 2. The molecule has 0 saturated carbocycles. The van der Waals surface area contributed by atoms with Crippen molar-refractivity contribution in [3.05, 3.63) is 29.8 Å². The topological polar surface area (TPSA) is 66.9 Å². The number of piperazine rings is 1. The van der Waals surface area contributed by atoms with Crippen LogP contribution in [0.1, 0.15) is 31.9 Å². The molecule has 2 rings (SSSR count). The van der Waals surface area contributed by atoms with E-state index in [0.717, 1.165) is 5.56 Å². The van der Waals surface area contributed by atoms with Crippen molar-refractivity contribution in [1.82, 2.24) is 9.21 Å². The second kappa shape index (κ2) is 7.31. The van der Waals surface area contributed by atoms with Crippen LogP contribution in [0.25, 0.3) is 0 Å². The fourth-order valence-electron chi connectivity index (χ4n) is 2.96. The van der Waals surface area contributed by atoms with Crippen molar-refractivity contribution in [3.8, 4) is 5.75 Å². The van der Waals surface area contributed by atoms with Crippen LogP contribution in [-0.4, -0.2) is 56.0 Å². The Hall–Kier alpha value is -1.60. The van der Waals surface area contributed by atoms with Crippen LogP contribution in [0.4, 0.5) is 0 Å². The van der Waals surface area contributed by atoms with E-state index in [1.807, 2.05) is 31.2 Å². The van der Waals surface area contributed by atoms with Crippen LogP contribution < -0.4 is 4.74 Å². The molecule has 0 aromatic heterocycles. The zero-order valence-corrected chi connectivity index (χ0v) is 14.7. The molecule has 1 unspecified atom stereocenters. The van der Waals surface area contributed by atoms with Crippen LogP contribution in [0, 0.1) is 0 Å². The first-order chi connectivity index (χ1) is 10.9. The van der Waals surface area contributed by atoms with Gasteiger partial charge >= 0.3 is 0 Å². The van der Waals surface area contributed by atoms with Gasteiger partial charge in [0, 0.05) is 32.1 Å². The average molecular weight is 340 g/mol. The van der Waals surface area contributed by atoms with E-state index in [1.54, 1.807) is 12.0 Å². The standard InChI is InChI=1S/C16H24N2O4S/c1-4-11-23(20,21)18-10-9-17(13(2)19)12-15(18)14-7-5-6-8-16(14)22-3/h5-8,15H,4,9-12H2,1-3H3. The molecule has 1 heterocycles. The maximum Gasteiger partial charge on any atom is 0.219 e.